The van der Waals surface area contributed by atoms with Gasteiger partial charge in [0.25, 0.3) is 0 Å². The Kier molecular flexibility index (Phi) is 4.51. The van der Waals surface area contributed by atoms with Crippen LogP contribution in [0.25, 0.3) is 6.08 Å². The molecule has 5 nitrogen and oxygen atoms in total. The van der Waals surface area contributed by atoms with Crippen molar-refractivity contribution in [3.8, 4) is 0 Å². The number of hydrogen-bond donors (Lipinski definition) is 1. The quantitative estimate of drug-likeness (QED) is 0.517. The Morgan fingerprint density at radius 1 is 1.04 bits per heavy atom. The largest absolute Gasteiger partial charge is 0.361 e. The van der Waals surface area contributed by atoms with Gasteiger partial charge in [-0.25, -0.2) is 0 Å². The maximum Gasteiger partial charge on any atom is 0.322 e. The Balaban J connectivity index is 2.33. The molecule has 1 aliphatic rings. The van der Waals surface area contributed by atoms with Crippen molar-refractivity contribution in [2.75, 3.05) is 20.8 Å². The van der Waals surface area contributed by atoms with Crippen molar-refractivity contribution in [2.24, 2.45) is 5.73 Å². The van der Waals surface area contributed by atoms with Gasteiger partial charge in [-0.1, -0.05) is 36.4 Å². The highest BCUT2D eigenvalue weighted by Gasteiger charge is 2.26. The first-order valence-corrected chi connectivity index (χ1v) is 8.70. The van der Waals surface area contributed by atoms with Gasteiger partial charge < -0.3 is 5.73 Å². The number of fused-ring (bicyclic) bond motifs is 2. The highest BCUT2D eigenvalue weighted by Crippen LogP contribution is 2.38. The second kappa shape index (κ2) is 6.59. The molecule has 3 rings (SSSR count). The zero-order chi connectivity index (χ0) is 17.3. The van der Waals surface area contributed by atoms with E-state index < -0.39 is 22.5 Å². The topological polar surface area (TPSA) is 66.6 Å². The molecule has 0 aliphatic carbocycles. The third-order valence-corrected chi connectivity index (χ3v) is 5.93. The Hall–Kier alpha value is -2.44. The van der Waals surface area contributed by atoms with E-state index >= 15 is 0 Å². The van der Waals surface area contributed by atoms with Gasteiger partial charge in [0.15, 0.2) is 0 Å². The average molecular weight is 341 g/mol. The number of nitrogens with two attached hydrogens (primary N) is 1. The summed E-state index contributed by atoms with van der Waals surface area (Å²) in [6.07, 6.45) is 2.11. The lowest BCUT2D eigenvalue weighted by atomic mass is 10.1. The number of carbonyl (C=O) groups excluding carboxylic acids is 2. The summed E-state index contributed by atoms with van der Waals surface area (Å²) in [6.45, 7) is 0.313. The molecule has 1 unspecified atom stereocenters. The van der Waals surface area contributed by atoms with Gasteiger partial charge in [-0.2, -0.15) is 0 Å². The smallest absolute Gasteiger partial charge is 0.322 e. The van der Waals surface area contributed by atoms with E-state index in [1.54, 1.807) is 4.31 Å². The van der Waals surface area contributed by atoms with Crippen LogP contribution in [0.4, 0.5) is 0 Å². The van der Waals surface area contributed by atoms with E-state index in [1.165, 1.54) is 0 Å². The van der Waals surface area contributed by atoms with Crippen LogP contribution >= 0.6 is 10.7 Å². The van der Waals surface area contributed by atoms with Crippen LogP contribution in [0.15, 0.2) is 53.4 Å². The first-order chi connectivity index (χ1) is 11.5. The first kappa shape index (κ1) is 16.4. The predicted octanol–water partition coefficient (Wildman–Crippen LogP) is 1.16. The zero-order valence-electron chi connectivity index (χ0n) is 13.6. The maximum atomic E-state index is 12.5. The minimum Gasteiger partial charge on any atom is -0.361 e. The average Bonchev–Trinajstić information content (AvgIpc) is 2.57. The molecule has 6 heteroatoms. The van der Waals surface area contributed by atoms with E-state index in [2.05, 4.69) is 6.08 Å². The molecule has 2 amide bonds. The third kappa shape index (κ3) is 2.98. The molecule has 124 valence electrons. The molecule has 1 aliphatic heterocycles. The standard InChI is InChI=1S/C18H19N3O2S/c1-20(2)12-21(18(23)17(19)22)24-15-9-5-3-7-13(15)11-14-8-4-6-10-16(14)24/h3-11H,12H2,1-2H3,(H2,19,22). The number of primary amides is 1. The normalized spacial score (nSPS) is 15.2. The van der Waals surface area contributed by atoms with Crippen LogP contribution in [0, 0.1) is 4.51 Å². The highest BCUT2D eigenvalue weighted by molar-refractivity contribution is 8.08. The number of rotatable bonds is 3. The fraction of sp³-hybridized carbons (Fsp3) is 0.167. The Morgan fingerprint density at radius 2 is 1.71 bits per heavy atom. The summed E-state index contributed by atoms with van der Waals surface area (Å²) >= 11 is 0. The van der Waals surface area contributed by atoms with Gasteiger partial charge in [-0.3, -0.25) is 18.8 Å². The fourth-order valence-electron chi connectivity index (χ4n) is 2.66. The predicted molar refractivity (Wildman–Crippen MR) is 95.4 cm³/mol. The Labute approximate surface area is 143 Å². The van der Waals surface area contributed by atoms with Crippen LogP contribution in [0.5, 0.6) is 0 Å². The van der Waals surface area contributed by atoms with Gasteiger partial charge >= 0.3 is 11.8 Å². The molecule has 2 aromatic carbocycles. The van der Waals surface area contributed by atoms with E-state index in [9.17, 15) is 9.59 Å². The number of nitrogens with zero attached hydrogens (tertiary/aromatic N) is 2. The highest BCUT2D eigenvalue weighted by atomic mass is 32.2. The SMILES string of the molecule is CN(C)CN(C(=O)C(N)=O)S1=c2ccccc2=Cc2ccccc21. The number of carbonyl (C=O) groups is 2. The minimum absolute atomic E-state index is 0.313. The molecule has 1 heterocycles. The second-order valence-corrected chi connectivity index (χ2v) is 7.66. The molecule has 0 radical (unpaired) electrons. The molecule has 24 heavy (non-hydrogen) atoms. The summed E-state index contributed by atoms with van der Waals surface area (Å²) in [5.41, 5.74) is 6.36. The van der Waals surface area contributed by atoms with E-state index in [1.807, 2.05) is 67.5 Å². The molecule has 0 saturated heterocycles. The van der Waals surface area contributed by atoms with Crippen molar-refractivity contribution in [2.45, 2.75) is 4.90 Å². The lowest BCUT2D eigenvalue weighted by Crippen LogP contribution is -2.42. The summed E-state index contributed by atoms with van der Waals surface area (Å²) in [7, 11) is 3.03. The summed E-state index contributed by atoms with van der Waals surface area (Å²) in [4.78, 5) is 27.0. The van der Waals surface area contributed by atoms with Crippen molar-refractivity contribution < 1.29 is 9.59 Å². The van der Waals surface area contributed by atoms with Gasteiger partial charge in [-0.15, -0.1) is 0 Å². The number of benzene rings is 2. The lowest BCUT2D eigenvalue weighted by Gasteiger charge is -2.30. The fourth-order valence-corrected chi connectivity index (χ4v) is 5.09. The van der Waals surface area contributed by atoms with Crippen LogP contribution in [-0.2, 0) is 9.59 Å². The molecule has 0 saturated carbocycles. The van der Waals surface area contributed by atoms with Crippen LogP contribution in [0.1, 0.15) is 5.56 Å². The van der Waals surface area contributed by atoms with Crippen molar-refractivity contribution in [1.29, 1.82) is 0 Å². The number of amides is 2. The maximum absolute atomic E-state index is 12.5. The molecular formula is C18H19N3O2S. The molecule has 0 aromatic heterocycles. The second-order valence-electron chi connectivity index (χ2n) is 5.77. The summed E-state index contributed by atoms with van der Waals surface area (Å²) in [5, 5.41) is 1.06. The lowest BCUT2D eigenvalue weighted by molar-refractivity contribution is -0.141. The van der Waals surface area contributed by atoms with E-state index in [-0.39, 0.29) is 0 Å². The Bertz CT molecular complexity index is 937. The third-order valence-electron chi connectivity index (χ3n) is 3.63. The molecule has 1 atom stereocenters. The monoisotopic (exact) mass is 341 g/mol. The molecule has 0 bridgehead atoms. The van der Waals surface area contributed by atoms with Crippen molar-refractivity contribution in [1.82, 2.24) is 9.21 Å². The van der Waals surface area contributed by atoms with Crippen molar-refractivity contribution >= 4 is 28.6 Å². The van der Waals surface area contributed by atoms with Gasteiger partial charge in [0.2, 0.25) is 0 Å². The van der Waals surface area contributed by atoms with E-state index in [4.69, 9.17) is 5.73 Å². The summed E-state index contributed by atoms with van der Waals surface area (Å²) < 4.78 is 2.58. The minimum atomic E-state index is -0.936. The van der Waals surface area contributed by atoms with Crippen LogP contribution < -0.4 is 11.0 Å². The van der Waals surface area contributed by atoms with Gasteiger partial charge in [0, 0.05) is 9.41 Å². The zero-order valence-corrected chi connectivity index (χ0v) is 14.4. The Morgan fingerprint density at radius 3 is 2.42 bits per heavy atom. The van der Waals surface area contributed by atoms with Gasteiger partial charge in [0.05, 0.1) is 6.67 Å². The first-order valence-electron chi connectivity index (χ1n) is 7.52. The van der Waals surface area contributed by atoms with Crippen molar-refractivity contribution in [3.05, 3.63) is 63.8 Å². The van der Waals surface area contributed by atoms with Gasteiger partial charge in [-0.05, 0) is 53.8 Å². The van der Waals surface area contributed by atoms with Crippen LogP contribution in [-0.4, -0.2) is 41.8 Å². The summed E-state index contributed by atoms with van der Waals surface area (Å²) in [5.74, 6) is -1.60. The molecule has 0 fully saturated rings. The molecule has 2 N–H and O–H groups in total. The van der Waals surface area contributed by atoms with E-state index in [0.717, 1.165) is 20.2 Å². The van der Waals surface area contributed by atoms with Gasteiger partial charge in [0.1, 0.15) is 0 Å². The number of hydrogen-bond acceptors (Lipinski definition) is 3. The molecular weight excluding hydrogens is 322 g/mol. The van der Waals surface area contributed by atoms with Crippen LogP contribution in [0.2, 0.25) is 0 Å². The summed E-state index contributed by atoms with van der Waals surface area (Å²) in [6, 6.07) is 15.9. The van der Waals surface area contributed by atoms with Crippen LogP contribution in [0.3, 0.4) is 0 Å². The molecule has 2 aromatic rings. The molecule has 0 spiro atoms. The van der Waals surface area contributed by atoms with Crippen molar-refractivity contribution in [3.63, 3.8) is 0 Å². The van der Waals surface area contributed by atoms with E-state index in [0.29, 0.717) is 6.67 Å².